The maximum atomic E-state index is 14.2. The molecule has 0 bridgehead atoms. The molecule has 184 valence electrons. The number of alkyl halides is 6. The standard InChI is InChI=1S/C20H15Cl2F6N3O3/c1-33-9-17(32)30-29-15-4-10(2-3-14(15)22)16-8-18(34-31-16,20(26,27)28)11-5-12(19(23,24)25)7-13(21)6-11/h2-7,29H,8-9H2,1H3,(H,30,32)/t18-/m0/s1. The summed E-state index contributed by atoms with van der Waals surface area (Å²) in [7, 11) is 1.30. The van der Waals surface area contributed by atoms with Crippen LogP contribution >= 0.6 is 23.2 Å². The lowest BCUT2D eigenvalue weighted by molar-refractivity contribution is -0.276. The summed E-state index contributed by atoms with van der Waals surface area (Å²) in [4.78, 5) is 16.3. The summed E-state index contributed by atoms with van der Waals surface area (Å²) in [6.07, 6.45) is -11.0. The quantitative estimate of drug-likeness (QED) is 0.373. The Labute approximate surface area is 198 Å². The number of carbonyl (C=O) groups is 1. The van der Waals surface area contributed by atoms with Crippen molar-refractivity contribution < 1.29 is 40.7 Å². The van der Waals surface area contributed by atoms with Crippen molar-refractivity contribution in [2.75, 3.05) is 19.1 Å². The summed E-state index contributed by atoms with van der Waals surface area (Å²) < 4.78 is 86.7. The van der Waals surface area contributed by atoms with E-state index in [1.807, 2.05) is 0 Å². The van der Waals surface area contributed by atoms with Crippen LogP contribution in [0.1, 0.15) is 23.1 Å². The number of halogens is 8. The first-order valence-electron chi connectivity index (χ1n) is 9.30. The van der Waals surface area contributed by atoms with Gasteiger partial charge >= 0.3 is 12.4 Å². The fraction of sp³-hybridized carbons (Fsp3) is 0.300. The Morgan fingerprint density at radius 3 is 2.47 bits per heavy atom. The fourth-order valence-electron chi connectivity index (χ4n) is 3.15. The lowest BCUT2D eigenvalue weighted by Gasteiger charge is -2.30. The number of anilines is 1. The van der Waals surface area contributed by atoms with Crippen LogP contribution in [0.25, 0.3) is 0 Å². The number of amides is 1. The van der Waals surface area contributed by atoms with Gasteiger partial charge in [-0.05, 0) is 30.3 Å². The van der Waals surface area contributed by atoms with Gasteiger partial charge in [0.1, 0.15) is 6.61 Å². The van der Waals surface area contributed by atoms with Gasteiger partial charge in [-0.25, -0.2) is 0 Å². The minimum Gasteiger partial charge on any atom is -0.375 e. The van der Waals surface area contributed by atoms with Crippen LogP contribution in [-0.2, 0) is 26.1 Å². The first kappa shape index (κ1) is 25.9. The third-order valence-electron chi connectivity index (χ3n) is 4.79. The number of ether oxygens (including phenoxy) is 1. The molecule has 2 aromatic rings. The van der Waals surface area contributed by atoms with E-state index >= 15 is 0 Å². The molecule has 3 rings (SSSR count). The van der Waals surface area contributed by atoms with Crippen LogP contribution in [0.15, 0.2) is 41.6 Å². The van der Waals surface area contributed by atoms with E-state index in [4.69, 9.17) is 28.0 Å². The van der Waals surface area contributed by atoms with Crippen molar-refractivity contribution in [3.8, 4) is 0 Å². The van der Waals surface area contributed by atoms with E-state index in [2.05, 4.69) is 20.7 Å². The second-order valence-corrected chi connectivity index (χ2v) is 8.00. The van der Waals surface area contributed by atoms with Crippen molar-refractivity contribution in [1.29, 1.82) is 0 Å². The van der Waals surface area contributed by atoms with Gasteiger partial charge in [-0.1, -0.05) is 34.4 Å². The zero-order valence-electron chi connectivity index (χ0n) is 17.1. The zero-order valence-corrected chi connectivity index (χ0v) is 18.6. The molecule has 0 aromatic heterocycles. The summed E-state index contributed by atoms with van der Waals surface area (Å²) in [5.41, 5.74) is -0.596. The lowest BCUT2D eigenvalue weighted by atomic mass is 9.85. The van der Waals surface area contributed by atoms with E-state index < -0.39 is 46.4 Å². The molecule has 0 radical (unpaired) electrons. The molecule has 14 heteroatoms. The van der Waals surface area contributed by atoms with Gasteiger partial charge in [-0.2, -0.15) is 26.3 Å². The molecule has 0 unspecified atom stereocenters. The molecule has 1 amide bonds. The number of methoxy groups -OCH3 is 1. The molecule has 1 heterocycles. The topological polar surface area (TPSA) is 72.0 Å². The summed E-state index contributed by atoms with van der Waals surface area (Å²) in [6.45, 7) is -0.265. The van der Waals surface area contributed by atoms with Crippen LogP contribution in [0.5, 0.6) is 0 Å². The lowest BCUT2D eigenvalue weighted by Crippen LogP contribution is -2.43. The predicted octanol–water partition coefficient (Wildman–Crippen LogP) is 5.68. The summed E-state index contributed by atoms with van der Waals surface area (Å²) >= 11 is 11.7. The number of hydrogen-bond donors (Lipinski definition) is 2. The normalized spacial score (nSPS) is 18.3. The minimum atomic E-state index is -5.15. The Balaban J connectivity index is 1.95. The molecular weight excluding hydrogens is 515 g/mol. The highest BCUT2D eigenvalue weighted by Crippen LogP contribution is 2.50. The number of oxime groups is 1. The molecular formula is C20H15Cl2F6N3O3. The molecule has 1 aliphatic rings. The summed E-state index contributed by atoms with van der Waals surface area (Å²) in [5.74, 6) is -0.553. The smallest absolute Gasteiger partial charge is 0.375 e. The molecule has 2 aromatic carbocycles. The van der Waals surface area contributed by atoms with E-state index in [-0.39, 0.29) is 28.6 Å². The maximum Gasteiger partial charge on any atom is 0.435 e. The van der Waals surface area contributed by atoms with Gasteiger partial charge in [0.05, 0.1) is 22.0 Å². The molecule has 0 fully saturated rings. The largest absolute Gasteiger partial charge is 0.435 e. The third-order valence-corrected chi connectivity index (χ3v) is 5.34. The molecule has 2 N–H and O–H groups in total. The van der Waals surface area contributed by atoms with E-state index in [0.717, 1.165) is 6.07 Å². The van der Waals surface area contributed by atoms with E-state index in [1.165, 1.54) is 25.3 Å². The SMILES string of the molecule is COCC(=O)NNc1cc(C2=NO[C@@](c3cc(Cl)cc(C(F)(F)F)c3)(C(F)(F)F)C2)ccc1Cl. The van der Waals surface area contributed by atoms with Crippen molar-refractivity contribution in [2.45, 2.75) is 24.4 Å². The first-order chi connectivity index (χ1) is 15.8. The van der Waals surface area contributed by atoms with Crippen LogP contribution in [0.4, 0.5) is 32.0 Å². The monoisotopic (exact) mass is 529 g/mol. The van der Waals surface area contributed by atoms with Gasteiger partial charge in [-0.15, -0.1) is 0 Å². The number of rotatable bonds is 6. The Kier molecular flexibility index (Phi) is 7.25. The number of hydrogen-bond acceptors (Lipinski definition) is 5. The Morgan fingerprint density at radius 1 is 1.15 bits per heavy atom. The van der Waals surface area contributed by atoms with Crippen LogP contribution < -0.4 is 10.9 Å². The maximum absolute atomic E-state index is 14.2. The molecule has 6 nitrogen and oxygen atoms in total. The number of hydrazine groups is 1. The molecule has 0 spiro atoms. The highest BCUT2D eigenvalue weighted by atomic mass is 35.5. The Hall–Kier alpha value is -2.70. The van der Waals surface area contributed by atoms with Crippen LogP contribution in [0.2, 0.25) is 10.0 Å². The molecule has 0 aliphatic carbocycles. The molecule has 0 saturated heterocycles. The van der Waals surface area contributed by atoms with E-state index in [9.17, 15) is 31.1 Å². The average molecular weight is 530 g/mol. The van der Waals surface area contributed by atoms with Gasteiger partial charge in [0.25, 0.3) is 11.5 Å². The number of carbonyl (C=O) groups excluding carboxylic acids is 1. The highest BCUT2D eigenvalue weighted by Gasteiger charge is 2.62. The fourth-order valence-corrected chi connectivity index (χ4v) is 3.55. The molecule has 34 heavy (non-hydrogen) atoms. The van der Waals surface area contributed by atoms with Crippen molar-refractivity contribution in [2.24, 2.45) is 5.16 Å². The number of nitrogens with zero attached hydrogens (tertiary/aromatic N) is 1. The van der Waals surface area contributed by atoms with Crippen molar-refractivity contribution in [3.63, 3.8) is 0 Å². The van der Waals surface area contributed by atoms with Gasteiger partial charge in [-0.3, -0.25) is 15.6 Å². The van der Waals surface area contributed by atoms with Crippen molar-refractivity contribution in [1.82, 2.24) is 5.43 Å². The van der Waals surface area contributed by atoms with Crippen LogP contribution in [-0.4, -0.2) is 31.5 Å². The minimum absolute atomic E-state index is 0.118. The van der Waals surface area contributed by atoms with Crippen LogP contribution in [0.3, 0.4) is 0 Å². The van der Waals surface area contributed by atoms with Gasteiger partial charge in [0, 0.05) is 29.7 Å². The molecule has 1 atom stereocenters. The predicted molar refractivity (Wildman–Crippen MR) is 112 cm³/mol. The number of benzene rings is 2. The zero-order chi connectivity index (χ0) is 25.3. The van der Waals surface area contributed by atoms with Gasteiger partial charge in [0.15, 0.2) is 0 Å². The van der Waals surface area contributed by atoms with Crippen molar-refractivity contribution >= 4 is 40.5 Å². The Morgan fingerprint density at radius 2 is 1.85 bits per heavy atom. The molecule has 1 aliphatic heterocycles. The van der Waals surface area contributed by atoms with Crippen molar-refractivity contribution in [3.05, 3.63) is 63.1 Å². The second kappa shape index (κ2) is 9.51. The second-order valence-electron chi connectivity index (χ2n) is 7.16. The van der Waals surface area contributed by atoms with Gasteiger partial charge in [0.2, 0.25) is 0 Å². The van der Waals surface area contributed by atoms with E-state index in [1.54, 1.807) is 0 Å². The molecule has 0 saturated carbocycles. The Bertz CT molecular complexity index is 1120. The highest BCUT2D eigenvalue weighted by molar-refractivity contribution is 6.33. The third kappa shape index (κ3) is 5.34. The summed E-state index contributed by atoms with van der Waals surface area (Å²) in [6, 6.07) is 5.57. The van der Waals surface area contributed by atoms with Gasteiger partial charge < -0.3 is 9.57 Å². The first-order valence-corrected chi connectivity index (χ1v) is 10.1. The van der Waals surface area contributed by atoms with Crippen LogP contribution in [0, 0.1) is 0 Å². The summed E-state index contributed by atoms with van der Waals surface area (Å²) in [5, 5.41) is 3.09. The van der Waals surface area contributed by atoms with E-state index in [0.29, 0.717) is 12.1 Å². The number of nitrogens with one attached hydrogen (secondary N) is 2. The average Bonchev–Trinajstić information content (AvgIpc) is 3.19.